The lowest BCUT2D eigenvalue weighted by molar-refractivity contribution is -0.128. The first-order chi connectivity index (χ1) is 12.0. The van der Waals surface area contributed by atoms with Crippen molar-refractivity contribution in [2.24, 2.45) is 0 Å². The molecule has 1 aromatic carbocycles. The van der Waals surface area contributed by atoms with E-state index in [1.54, 1.807) is 32.0 Å². The minimum Gasteiger partial charge on any atom is -0.479 e. The predicted molar refractivity (Wildman–Crippen MR) is 93.9 cm³/mol. The van der Waals surface area contributed by atoms with Crippen LogP contribution in [0, 0.1) is 0 Å². The molecule has 0 spiro atoms. The Hall–Kier alpha value is -2.37. The Morgan fingerprint density at radius 2 is 2.00 bits per heavy atom. The summed E-state index contributed by atoms with van der Waals surface area (Å²) >= 11 is 0. The van der Waals surface area contributed by atoms with Crippen molar-refractivity contribution >= 4 is 23.3 Å². The molecule has 6 heteroatoms. The van der Waals surface area contributed by atoms with Crippen LogP contribution in [0.25, 0.3) is 0 Å². The van der Waals surface area contributed by atoms with E-state index < -0.39 is 6.10 Å². The van der Waals surface area contributed by atoms with Gasteiger partial charge in [0.15, 0.2) is 11.9 Å². The number of carbonyl (C=O) groups excluding carboxylic acids is 3. The summed E-state index contributed by atoms with van der Waals surface area (Å²) in [7, 11) is 0. The molecule has 25 heavy (non-hydrogen) atoms. The van der Waals surface area contributed by atoms with Crippen LogP contribution in [0.5, 0.6) is 5.75 Å². The van der Waals surface area contributed by atoms with Crippen LogP contribution in [0.15, 0.2) is 18.2 Å². The third-order valence-corrected chi connectivity index (χ3v) is 4.83. The molecular weight excluding hydrogens is 320 g/mol. The summed E-state index contributed by atoms with van der Waals surface area (Å²) < 4.78 is 5.62. The Morgan fingerprint density at radius 3 is 2.68 bits per heavy atom. The third-order valence-electron chi connectivity index (χ3n) is 4.83. The van der Waals surface area contributed by atoms with Crippen molar-refractivity contribution in [2.75, 3.05) is 11.4 Å². The number of ketones is 1. The lowest BCUT2D eigenvalue weighted by atomic mass is 10.1. The molecule has 1 aliphatic heterocycles. The highest BCUT2D eigenvalue weighted by Crippen LogP contribution is 2.35. The number of nitrogens with zero attached hydrogens (tertiary/aromatic N) is 1. The van der Waals surface area contributed by atoms with Crippen LogP contribution < -0.4 is 15.0 Å². The van der Waals surface area contributed by atoms with Gasteiger partial charge in [-0.1, -0.05) is 19.8 Å². The number of carbonyl (C=O) groups is 3. The minimum absolute atomic E-state index is 0.00997. The fourth-order valence-electron chi connectivity index (χ4n) is 3.43. The van der Waals surface area contributed by atoms with Crippen LogP contribution in [-0.4, -0.2) is 36.3 Å². The molecule has 0 bridgehead atoms. The van der Waals surface area contributed by atoms with Crippen LogP contribution in [0.2, 0.25) is 0 Å². The predicted octanol–water partition coefficient (Wildman–Crippen LogP) is 2.45. The zero-order chi connectivity index (χ0) is 18.0. The van der Waals surface area contributed by atoms with Crippen LogP contribution in [0.1, 0.15) is 56.3 Å². The second kappa shape index (κ2) is 7.25. The van der Waals surface area contributed by atoms with Gasteiger partial charge < -0.3 is 10.1 Å². The standard InChI is InChI=1S/C19H24N2O4/c1-3-16(22)13-8-9-17-15(10-13)21(19(24)12(2)25-17)11-18(23)20-14-6-4-5-7-14/h8-10,12,14H,3-7,11H2,1-2H3,(H,20,23). The van der Waals surface area contributed by atoms with Crippen LogP contribution in [-0.2, 0) is 9.59 Å². The first kappa shape index (κ1) is 17.5. The average Bonchev–Trinajstić information content (AvgIpc) is 3.10. The molecule has 0 aromatic heterocycles. The largest absolute Gasteiger partial charge is 0.479 e. The topological polar surface area (TPSA) is 75.7 Å². The highest BCUT2D eigenvalue weighted by molar-refractivity contribution is 6.05. The van der Waals surface area contributed by atoms with Crippen molar-refractivity contribution in [3.63, 3.8) is 0 Å². The van der Waals surface area contributed by atoms with E-state index in [2.05, 4.69) is 5.32 Å². The number of nitrogens with one attached hydrogen (secondary N) is 1. The molecule has 1 aromatic rings. The molecule has 1 aliphatic carbocycles. The number of ether oxygens (including phenoxy) is 1. The van der Waals surface area contributed by atoms with Gasteiger partial charge in [0.1, 0.15) is 12.3 Å². The fraction of sp³-hybridized carbons (Fsp3) is 0.526. The van der Waals surface area contributed by atoms with Crippen molar-refractivity contribution in [1.82, 2.24) is 5.32 Å². The zero-order valence-electron chi connectivity index (χ0n) is 14.7. The van der Waals surface area contributed by atoms with Gasteiger partial charge in [0.2, 0.25) is 5.91 Å². The van der Waals surface area contributed by atoms with Crippen LogP contribution in [0.4, 0.5) is 5.69 Å². The zero-order valence-corrected chi connectivity index (χ0v) is 14.7. The quantitative estimate of drug-likeness (QED) is 0.833. The van der Waals surface area contributed by atoms with Gasteiger partial charge in [0.25, 0.3) is 5.91 Å². The van der Waals surface area contributed by atoms with Crippen molar-refractivity contribution in [3.8, 4) is 5.75 Å². The summed E-state index contributed by atoms with van der Waals surface area (Å²) in [5.74, 6) is 0.0698. The number of fused-ring (bicyclic) bond motifs is 1. The summed E-state index contributed by atoms with van der Waals surface area (Å²) in [4.78, 5) is 38.4. The molecule has 1 saturated carbocycles. The monoisotopic (exact) mass is 344 g/mol. The Labute approximate surface area is 147 Å². The first-order valence-corrected chi connectivity index (χ1v) is 8.94. The van der Waals surface area contributed by atoms with Gasteiger partial charge in [-0.25, -0.2) is 0 Å². The normalized spacial score (nSPS) is 20.2. The minimum atomic E-state index is -0.653. The van der Waals surface area contributed by atoms with Gasteiger partial charge in [0.05, 0.1) is 5.69 Å². The van der Waals surface area contributed by atoms with Gasteiger partial charge in [-0.15, -0.1) is 0 Å². The van der Waals surface area contributed by atoms with Crippen molar-refractivity contribution in [3.05, 3.63) is 23.8 Å². The molecule has 1 unspecified atom stereocenters. The SMILES string of the molecule is CCC(=O)c1ccc2c(c1)N(CC(=O)NC1CCCC1)C(=O)C(C)O2. The van der Waals surface area contributed by atoms with E-state index in [-0.39, 0.29) is 30.2 Å². The van der Waals surface area contributed by atoms with E-state index in [0.717, 1.165) is 25.7 Å². The van der Waals surface area contributed by atoms with Gasteiger partial charge in [0, 0.05) is 18.0 Å². The Bertz CT molecular complexity index is 695. The molecule has 1 fully saturated rings. The lowest BCUT2D eigenvalue weighted by Crippen LogP contribution is -2.50. The summed E-state index contributed by atoms with van der Waals surface area (Å²) in [6, 6.07) is 5.24. The van der Waals surface area contributed by atoms with Crippen molar-refractivity contribution in [2.45, 2.75) is 58.1 Å². The first-order valence-electron chi connectivity index (χ1n) is 8.94. The highest BCUT2D eigenvalue weighted by atomic mass is 16.5. The van der Waals surface area contributed by atoms with E-state index in [0.29, 0.717) is 23.4 Å². The number of Topliss-reactive ketones (excluding diaryl/α,β-unsaturated/α-hetero) is 1. The molecule has 2 amide bonds. The summed E-state index contributed by atoms with van der Waals surface area (Å²) in [5, 5.41) is 3.00. The average molecular weight is 344 g/mol. The lowest BCUT2D eigenvalue weighted by Gasteiger charge is -2.33. The Kier molecular flexibility index (Phi) is 5.06. The van der Waals surface area contributed by atoms with E-state index in [1.807, 2.05) is 0 Å². The Balaban J connectivity index is 1.83. The van der Waals surface area contributed by atoms with E-state index in [9.17, 15) is 14.4 Å². The van der Waals surface area contributed by atoms with Gasteiger partial charge in [-0.3, -0.25) is 19.3 Å². The highest BCUT2D eigenvalue weighted by Gasteiger charge is 2.33. The maximum absolute atomic E-state index is 12.5. The van der Waals surface area contributed by atoms with Gasteiger partial charge in [-0.05, 0) is 38.0 Å². The third kappa shape index (κ3) is 3.67. The van der Waals surface area contributed by atoms with Crippen molar-refractivity contribution < 1.29 is 19.1 Å². The molecular formula is C19H24N2O4. The van der Waals surface area contributed by atoms with Crippen molar-refractivity contribution in [1.29, 1.82) is 0 Å². The van der Waals surface area contributed by atoms with E-state index in [1.165, 1.54) is 4.90 Å². The fourth-order valence-corrected chi connectivity index (χ4v) is 3.43. The molecule has 134 valence electrons. The smallest absolute Gasteiger partial charge is 0.268 e. The maximum Gasteiger partial charge on any atom is 0.268 e. The molecule has 1 atom stereocenters. The number of hydrogen-bond donors (Lipinski definition) is 1. The second-order valence-corrected chi connectivity index (χ2v) is 6.69. The van der Waals surface area contributed by atoms with Gasteiger partial charge in [-0.2, -0.15) is 0 Å². The molecule has 6 nitrogen and oxygen atoms in total. The molecule has 1 N–H and O–H groups in total. The molecule has 0 saturated heterocycles. The Morgan fingerprint density at radius 1 is 1.28 bits per heavy atom. The molecule has 1 heterocycles. The second-order valence-electron chi connectivity index (χ2n) is 6.69. The summed E-state index contributed by atoms with van der Waals surface area (Å²) in [6.07, 6.45) is 3.97. The number of rotatable bonds is 5. The molecule has 2 aliphatic rings. The molecule has 0 radical (unpaired) electrons. The van der Waals surface area contributed by atoms with Gasteiger partial charge >= 0.3 is 0 Å². The maximum atomic E-state index is 12.5. The molecule has 3 rings (SSSR count). The number of anilines is 1. The number of amides is 2. The number of benzene rings is 1. The van der Waals surface area contributed by atoms with Crippen LogP contribution in [0.3, 0.4) is 0 Å². The number of hydrogen-bond acceptors (Lipinski definition) is 4. The summed E-state index contributed by atoms with van der Waals surface area (Å²) in [6.45, 7) is 3.40. The van der Waals surface area contributed by atoms with E-state index in [4.69, 9.17) is 4.74 Å². The van der Waals surface area contributed by atoms with Crippen LogP contribution >= 0.6 is 0 Å². The van der Waals surface area contributed by atoms with E-state index >= 15 is 0 Å². The summed E-state index contributed by atoms with van der Waals surface area (Å²) in [5.41, 5.74) is 1.01.